The molecule has 0 spiro atoms. The predicted octanol–water partition coefficient (Wildman–Crippen LogP) is 3.74. The summed E-state index contributed by atoms with van der Waals surface area (Å²) in [4.78, 5) is 38.6. The third-order valence-electron chi connectivity index (χ3n) is 3.63. The van der Waals surface area contributed by atoms with Gasteiger partial charge >= 0.3 is 0 Å². The van der Waals surface area contributed by atoms with Gasteiger partial charge in [0.25, 0.3) is 11.6 Å². The van der Waals surface area contributed by atoms with Gasteiger partial charge in [0.1, 0.15) is 0 Å². The number of hydrogen-bond donors (Lipinski definition) is 2. The van der Waals surface area contributed by atoms with Crippen LogP contribution in [0.15, 0.2) is 53.9 Å². The standard InChI is InChI=1S/C18H13ClN4O4S/c19-14-7-2-1-6-13(14)15-10-28-18(21-15)22-16(24)9-20-17(25)11-4-3-5-12(8-11)23(26)27/h1-8,10H,9H2,(H,20,25)(H,21,22,24). The van der Waals surface area contributed by atoms with E-state index in [2.05, 4.69) is 15.6 Å². The van der Waals surface area contributed by atoms with Crippen LogP contribution < -0.4 is 10.6 Å². The third kappa shape index (κ3) is 4.70. The molecule has 3 rings (SSSR count). The number of carbonyl (C=O) groups is 2. The number of benzene rings is 2. The Morgan fingerprint density at radius 2 is 1.96 bits per heavy atom. The van der Waals surface area contributed by atoms with Crippen LogP contribution in [0.4, 0.5) is 10.8 Å². The quantitative estimate of drug-likeness (QED) is 0.469. The Bertz CT molecular complexity index is 1050. The Kier molecular flexibility index (Phi) is 5.97. The number of carbonyl (C=O) groups excluding carboxylic acids is 2. The summed E-state index contributed by atoms with van der Waals surface area (Å²) >= 11 is 7.36. The lowest BCUT2D eigenvalue weighted by Crippen LogP contribution is -2.32. The number of anilines is 1. The monoisotopic (exact) mass is 416 g/mol. The summed E-state index contributed by atoms with van der Waals surface area (Å²) in [6.07, 6.45) is 0. The molecule has 2 aromatic carbocycles. The summed E-state index contributed by atoms with van der Waals surface area (Å²) in [6, 6.07) is 12.5. The van der Waals surface area contributed by atoms with E-state index in [4.69, 9.17) is 11.6 Å². The van der Waals surface area contributed by atoms with Crippen molar-refractivity contribution < 1.29 is 14.5 Å². The number of nitro benzene ring substituents is 1. The lowest BCUT2D eigenvalue weighted by atomic mass is 10.2. The molecule has 1 aromatic heterocycles. The number of thiazole rings is 1. The Hall–Kier alpha value is -3.30. The lowest BCUT2D eigenvalue weighted by Gasteiger charge is -2.05. The van der Waals surface area contributed by atoms with Crippen molar-refractivity contribution in [2.45, 2.75) is 0 Å². The molecule has 0 unspecified atom stereocenters. The number of amides is 2. The fourth-order valence-electron chi connectivity index (χ4n) is 2.31. The molecule has 0 radical (unpaired) electrons. The number of nitro groups is 1. The minimum absolute atomic E-state index is 0.0947. The molecule has 0 atom stereocenters. The molecule has 0 aliphatic carbocycles. The van der Waals surface area contributed by atoms with E-state index in [0.717, 1.165) is 11.6 Å². The molecule has 0 saturated heterocycles. The first-order valence-electron chi connectivity index (χ1n) is 7.97. The predicted molar refractivity (Wildman–Crippen MR) is 107 cm³/mol. The molecule has 0 bridgehead atoms. The topological polar surface area (TPSA) is 114 Å². The fraction of sp³-hybridized carbons (Fsp3) is 0.0556. The van der Waals surface area contributed by atoms with Gasteiger partial charge in [-0.3, -0.25) is 19.7 Å². The highest BCUT2D eigenvalue weighted by Gasteiger charge is 2.14. The highest BCUT2D eigenvalue weighted by molar-refractivity contribution is 7.14. The van der Waals surface area contributed by atoms with Crippen LogP contribution in [0.1, 0.15) is 10.4 Å². The number of aromatic nitrogens is 1. The smallest absolute Gasteiger partial charge is 0.270 e. The first kappa shape index (κ1) is 19.5. The van der Waals surface area contributed by atoms with Gasteiger partial charge in [0.15, 0.2) is 5.13 Å². The number of rotatable bonds is 6. The minimum atomic E-state index is -0.595. The second-order valence-corrected chi connectivity index (χ2v) is 6.82. The van der Waals surface area contributed by atoms with E-state index in [9.17, 15) is 19.7 Å². The molecule has 0 fully saturated rings. The van der Waals surface area contributed by atoms with E-state index in [-0.39, 0.29) is 17.8 Å². The zero-order chi connectivity index (χ0) is 20.1. The molecule has 8 nitrogen and oxygen atoms in total. The van der Waals surface area contributed by atoms with Crippen molar-refractivity contribution in [3.05, 3.63) is 74.6 Å². The molecule has 0 aliphatic heterocycles. The van der Waals surface area contributed by atoms with Crippen molar-refractivity contribution in [3.63, 3.8) is 0 Å². The normalized spacial score (nSPS) is 10.3. The average molecular weight is 417 g/mol. The summed E-state index contributed by atoms with van der Waals surface area (Å²) in [6.45, 7) is -0.303. The first-order chi connectivity index (χ1) is 13.4. The second kappa shape index (κ2) is 8.59. The molecule has 2 amide bonds. The average Bonchev–Trinajstić information content (AvgIpc) is 3.14. The number of halogens is 1. The van der Waals surface area contributed by atoms with Gasteiger partial charge in [-0.2, -0.15) is 0 Å². The zero-order valence-electron chi connectivity index (χ0n) is 14.2. The van der Waals surface area contributed by atoms with Crippen LogP contribution in [0.2, 0.25) is 5.02 Å². The van der Waals surface area contributed by atoms with E-state index in [0.29, 0.717) is 15.8 Å². The first-order valence-corrected chi connectivity index (χ1v) is 9.23. The number of nitrogens with one attached hydrogen (secondary N) is 2. The van der Waals surface area contributed by atoms with Crippen LogP contribution in [0.5, 0.6) is 0 Å². The molecule has 28 heavy (non-hydrogen) atoms. The van der Waals surface area contributed by atoms with Gasteiger partial charge in [-0.25, -0.2) is 4.98 Å². The number of hydrogen-bond acceptors (Lipinski definition) is 6. The molecule has 2 N–H and O–H groups in total. The Balaban J connectivity index is 1.58. The van der Waals surface area contributed by atoms with Crippen molar-refractivity contribution in [2.24, 2.45) is 0 Å². The summed E-state index contributed by atoms with van der Waals surface area (Å²) in [5.41, 5.74) is 1.27. The molecule has 0 aliphatic rings. The maximum Gasteiger partial charge on any atom is 0.270 e. The van der Waals surface area contributed by atoms with Crippen LogP contribution in [-0.2, 0) is 4.79 Å². The summed E-state index contributed by atoms with van der Waals surface area (Å²) in [7, 11) is 0. The van der Waals surface area contributed by atoms with Gasteiger partial charge in [-0.05, 0) is 12.1 Å². The lowest BCUT2D eigenvalue weighted by molar-refractivity contribution is -0.384. The van der Waals surface area contributed by atoms with Crippen molar-refractivity contribution in [1.29, 1.82) is 0 Å². The van der Waals surface area contributed by atoms with Crippen molar-refractivity contribution in [2.75, 3.05) is 11.9 Å². The molecule has 10 heteroatoms. The maximum atomic E-state index is 12.1. The highest BCUT2D eigenvalue weighted by atomic mass is 35.5. The zero-order valence-corrected chi connectivity index (χ0v) is 15.8. The maximum absolute atomic E-state index is 12.1. The van der Waals surface area contributed by atoms with Gasteiger partial charge in [0, 0.05) is 33.7 Å². The van der Waals surface area contributed by atoms with E-state index in [1.807, 2.05) is 18.2 Å². The third-order valence-corrected chi connectivity index (χ3v) is 4.72. The minimum Gasteiger partial charge on any atom is -0.343 e. The van der Waals surface area contributed by atoms with E-state index >= 15 is 0 Å². The van der Waals surface area contributed by atoms with Gasteiger partial charge in [0.05, 0.1) is 17.2 Å². The fourth-order valence-corrected chi connectivity index (χ4v) is 3.27. The largest absolute Gasteiger partial charge is 0.343 e. The van der Waals surface area contributed by atoms with Crippen LogP contribution in [0, 0.1) is 10.1 Å². The van der Waals surface area contributed by atoms with Gasteiger partial charge < -0.3 is 10.6 Å². The van der Waals surface area contributed by atoms with Crippen molar-refractivity contribution >= 4 is 45.6 Å². The molecule has 3 aromatic rings. The van der Waals surface area contributed by atoms with Crippen LogP contribution >= 0.6 is 22.9 Å². The van der Waals surface area contributed by atoms with Gasteiger partial charge in [-0.1, -0.05) is 35.9 Å². The number of nitrogens with zero attached hydrogens (tertiary/aromatic N) is 2. The van der Waals surface area contributed by atoms with E-state index in [1.165, 1.54) is 29.5 Å². The van der Waals surface area contributed by atoms with Crippen LogP contribution in [-0.4, -0.2) is 28.3 Å². The summed E-state index contributed by atoms with van der Waals surface area (Å²) in [5, 5.41) is 18.5. The number of non-ortho nitro benzene ring substituents is 1. The summed E-state index contributed by atoms with van der Waals surface area (Å²) < 4.78 is 0. The second-order valence-electron chi connectivity index (χ2n) is 5.56. The van der Waals surface area contributed by atoms with E-state index in [1.54, 1.807) is 11.4 Å². The Labute approximate surface area is 168 Å². The Morgan fingerprint density at radius 1 is 1.18 bits per heavy atom. The van der Waals surface area contributed by atoms with Crippen molar-refractivity contribution in [1.82, 2.24) is 10.3 Å². The molecule has 0 saturated carbocycles. The van der Waals surface area contributed by atoms with Gasteiger partial charge in [0.2, 0.25) is 5.91 Å². The molecular formula is C18H13ClN4O4S. The molecular weight excluding hydrogens is 404 g/mol. The van der Waals surface area contributed by atoms with E-state index < -0.39 is 16.7 Å². The Morgan fingerprint density at radius 3 is 2.71 bits per heavy atom. The SMILES string of the molecule is O=C(CNC(=O)c1cccc([N+](=O)[O-])c1)Nc1nc(-c2ccccc2Cl)cs1. The molecule has 142 valence electrons. The van der Waals surface area contributed by atoms with Gasteiger partial charge in [-0.15, -0.1) is 11.3 Å². The summed E-state index contributed by atoms with van der Waals surface area (Å²) in [5.74, 6) is -1.06. The molecule has 1 heterocycles. The van der Waals surface area contributed by atoms with Crippen molar-refractivity contribution in [3.8, 4) is 11.3 Å². The highest BCUT2D eigenvalue weighted by Crippen LogP contribution is 2.30. The van der Waals surface area contributed by atoms with Crippen LogP contribution in [0.3, 0.4) is 0 Å². The van der Waals surface area contributed by atoms with Crippen LogP contribution in [0.25, 0.3) is 11.3 Å².